The highest BCUT2D eigenvalue weighted by Gasteiger charge is 2.53. The van der Waals surface area contributed by atoms with Crippen molar-refractivity contribution in [3.05, 3.63) is 0 Å². The van der Waals surface area contributed by atoms with Crippen molar-refractivity contribution in [1.29, 1.82) is 0 Å². The van der Waals surface area contributed by atoms with Crippen molar-refractivity contribution >= 4 is 0 Å². The number of hydrogen-bond donors (Lipinski definition) is 0. The first-order valence-corrected chi connectivity index (χ1v) is 5.19. The van der Waals surface area contributed by atoms with Crippen molar-refractivity contribution in [2.75, 3.05) is 13.1 Å². The fourth-order valence-corrected chi connectivity index (χ4v) is 3.00. The van der Waals surface area contributed by atoms with Gasteiger partial charge in [-0.3, -0.25) is 4.90 Å². The highest BCUT2D eigenvalue weighted by Crippen LogP contribution is 2.52. The molecule has 70 valence electrons. The van der Waals surface area contributed by atoms with Crippen molar-refractivity contribution in [3.8, 4) is 0 Å². The van der Waals surface area contributed by atoms with E-state index in [0.717, 1.165) is 6.04 Å². The zero-order chi connectivity index (χ0) is 8.98. The lowest BCUT2D eigenvalue weighted by atomic mass is 9.67. The molecule has 2 aliphatic rings. The van der Waals surface area contributed by atoms with Crippen molar-refractivity contribution < 1.29 is 0 Å². The molecule has 0 amide bonds. The molecule has 12 heavy (non-hydrogen) atoms. The van der Waals surface area contributed by atoms with E-state index in [1.807, 2.05) is 0 Å². The molecule has 2 aliphatic heterocycles. The largest absolute Gasteiger partial charge is 0.299 e. The Labute approximate surface area is 76.1 Å². The maximum absolute atomic E-state index is 2.69. The van der Waals surface area contributed by atoms with Gasteiger partial charge < -0.3 is 0 Å². The van der Waals surface area contributed by atoms with Crippen molar-refractivity contribution in [2.24, 2.45) is 10.8 Å². The van der Waals surface area contributed by atoms with Gasteiger partial charge in [-0.15, -0.1) is 0 Å². The topological polar surface area (TPSA) is 3.24 Å². The maximum atomic E-state index is 2.69. The lowest BCUT2D eigenvalue weighted by molar-refractivity contribution is 0.142. The Morgan fingerprint density at radius 3 is 2.42 bits per heavy atom. The Morgan fingerprint density at radius 1 is 1.17 bits per heavy atom. The molecule has 1 nitrogen and oxygen atoms in total. The molecule has 2 saturated heterocycles. The summed E-state index contributed by atoms with van der Waals surface area (Å²) >= 11 is 0. The number of nitrogens with zero attached hydrogens (tertiary/aromatic N) is 1. The smallest absolute Gasteiger partial charge is 0.0153 e. The average Bonchev–Trinajstić information content (AvgIpc) is 2.39. The maximum Gasteiger partial charge on any atom is 0.0153 e. The fourth-order valence-electron chi connectivity index (χ4n) is 3.00. The van der Waals surface area contributed by atoms with Gasteiger partial charge in [0.15, 0.2) is 0 Å². The summed E-state index contributed by atoms with van der Waals surface area (Å²) in [5.41, 5.74) is 1.03. The molecule has 2 rings (SSSR count). The van der Waals surface area contributed by atoms with Gasteiger partial charge in [-0.25, -0.2) is 0 Å². The molecule has 0 bridgehead atoms. The van der Waals surface area contributed by atoms with E-state index in [9.17, 15) is 0 Å². The number of rotatable bonds is 0. The minimum Gasteiger partial charge on any atom is -0.299 e. The van der Waals surface area contributed by atoms with E-state index in [2.05, 4.69) is 32.6 Å². The fraction of sp³-hybridized carbons (Fsp3) is 1.00. The van der Waals surface area contributed by atoms with Crippen LogP contribution in [0.25, 0.3) is 0 Å². The average molecular weight is 167 g/mol. The minimum absolute atomic E-state index is 0.512. The van der Waals surface area contributed by atoms with Crippen molar-refractivity contribution in [3.63, 3.8) is 0 Å². The second-order valence-electron chi connectivity index (χ2n) is 5.73. The molecule has 2 fully saturated rings. The van der Waals surface area contributed by atoms with Crippen molar-refractivity contribution in [1.82, 2.24) is 4.90 Å². The normalized spacial score (nSPS) is 38.5. The summed E-state index contributed by atoms with van der Waals surface area (Å²) in [5, 5.41) is 0. The summed E-state index contributed by atoms with van der Waals surface area (Å²) in [6, 6.07) is 0.868. The van der Waals surface area contributed by atoms with Crippen LogP contribution in [0.15, 0.2) is 0 Å². The Bertz CT molecular complexity index is 193. The highest BCUT2D eigenvalue weighted by atomic mass is 15.2. The summed E-state index contributed by atoms with van der Waals surface area (Å²) in [5.74, 6) is 0. The summed E-state index contributed by atoms with van der Waals surface area (Å²) in [7, 11) is 0. The van der Waals surface area contributed by atoms with Crippen LogP contribution in [-0.4, -0.2) is 24.0 Å². The predicted molar refractivity (Wildman–Crippen MR) is 52.2 cm³/mol. The molecule has 0 radical (unpaired) electrons. The summed E-state index contributed by atoms with van der Waals surface area (Å²) < 4.78 is 0. The monoisotopic (exact) mass is 167 g/mol. The zero-order valence-electron chi connectivity index (χ0n) is 8.85. The van der Waals surface area contributed by atoms with E-state index >= 15 is 0 Å². The van der Waals surface area contributed by atoms with Gasteiger partial charge >= 0.3 is 0 Å². The Morgan fingerprint density at radius 2 is 1.83 bits per heavy atom. The number of hydrogen-bond acceptors (Lipinski definition) is 1. The second kappa shape index (κ2) is 2.25. The van der Waals surface area contributed by atoms with Gasteiger partial charge in [0.1, 0.15) is 0 Å². The minimum atomic E-state index is 0.512. The van der Waals surface area contributed by atoms with Crippen molar-refractivity contribution in [2.45, 2.75) is 46.6 Å². The van der Waals surface area contributed by atoms with Crippen LogP contribution in [0.5, 0.6) is 0 Å². The van der Waals surface area contributed by atoms with Crippen LogP contribution in [0.1, 0.15) is 40.5 Å². The molecule has 0 N–H and O–H groups in total. The molecule has 1 atom stereocenters. The Balaban J connectivity index is 2.29. The molecule has 0 aromatic rings. The molecular formula is C11H21N. The third-order valence-corrected chi connectivity index (χ3v) is 4.54. The van der Waals surface area contributed by atoms with E-state index in [1.54, 1.807) is 0 Å². The lowest BCUT2D eigenvalue weighted by Gasteiger charge is -2.37. The molecular weight excluding hydrogens is 146 g/mol. The van der Waals surface area contributed by atoms with Gasteiger partial charge in [0.25, 0.3) is 0 Å². The molecule has 0 spiro atoms. The summed E-state index contributed by atoms with van der Waals surface area (Å²) in [4.78, 5) is 2.69. The van der Waals surface area contributed by atoms with Crippen LogP contribution < -0.4 is 0 Å². The number of fused-ring (bicyclic) bond motifs is 1. The molecule has 0 aromatic heterocycles. The van der Waals surface area contributed by atoms with Crippen LogP contribution in [0, 0.1) is 10.8 Å². The zero-order valence-corrected chi connectivity index (χ0v) is 8.85. The third-order valence-electron chi connectivity index (χ3n) is 4.54. The van der Waals surface area contributed by atoms with Crippen LogP contribution in [0.2, 0.25) is 0 Å². The van der Waals surface area contributed by atoms with E-state index in [4.69, 9.17) is 0 Å². The quantitative estimate of drug-likeness (QED) is 0.536. The molecule has 1 unspecified atom stereocenters. The van der Waals surface area contributed by atoms with Gasteiger partial charge in [-0.1, -0.05) is 27.7 Å². The van der Waals surface area contributed by atoms with E-state index < -0.39 is 0 Å². The SMILES string of the molecule is CC1(C)CN2CCCC2C1(C)C. The molecule has 0 aromatic carbocycles. The molecule has 1 heteroatoms. The van der Waals surface area contributed by atoms with Gasteiger partial charge in [0.2, 0.25) is 0 Å². The van der Waals surface area contributed by atoms with E-state index in [1.165, 1.54) is 25.9 Å². The Hall–Kier alpha value is -0.0400. The van der Waals surface area contributed by atoms with Crippen LogP contribution in [0.3, 0.4) is 0 Å². The van der Waals surface area contributed by atoms with E-state index in [0.29, 0.717) is 10.8 Å². The molecule has 0 saturated carbocycles. The van der Waals surface area contributed by atoms with Crippen LogP contribution >= 0.6 is 0 Å². The lowest BCUT2D eigenvalue weighted by Crippen LogP contribution is -2.36. The van der Waals surface area contributed by atoms with Gasteiger partial charge in [0.05, 0.1) is 0 Å². The first-order valence-electron chi connectivity index (χ1n) is 5.19. The van der Waals surface area contributed by atoms with Crippen LogP contribution in [-0.2, 0) is 0 Å². The van der Waals surface area contributed by atoms with Gasteiger partial charge in [-0.05, 0) is 30.2 Å². The molecule has 2 heterocycles. The third kappa shape index (κ3) is 0.891. The first kappa shape index (κ1) is 8.55. The second-order valence-corrected chi connectivity index (χ2v) is 5.73. The predicted octanol–water partition coefficient (Wildman–Crippen LogP) is 2.52. The van der Waals surface area contributed by atoms with Gasteiger partial charge in [0, 0.05) is 12.6 Å². The van der Waals surface area contributed by atoms with Gasteiger partial charge in [-0.2, -0.15) is 0 Å². The van der Waals surface area contributed by atoms with E-state index in [-0.39, 0.29) is 0 Å². The molecule has 0 aliphatic carbocycles. The summed E-state index contributed by atoms with van der Waals surface area (Å²) in [6.07, 6.45) is 2.85. The Kier molecular flexibility index (Phi) is 1.61. The standard InChI is InChI=1S/C11H21N/c1-10(2)8-12-7-5-6-9(12)11(10,3)4/h9H,5-8H2,1-4H3. The summed E-state index contributed by atoms with van der Waals surface area (Å²) in [6.45, 7) is 12.4. The van der Waals surface area contributed by atoms with Crippen LogP contribution in [0.4, 0.5) is 0 Å². The first-order chi connectivity index (χ1) is 5.45. The highest BCUT2D eigenvalue weighted by molar-refractivity contribution is 5.06.